The zero-order valence-electron chi connectivity index (χ0n) is 14.1. The second-order valence-electron chi connectivity index (χ2n) is 7.13. The van der Waals surface area contributed by atoms with E-state index in [1.54, 1.807) is 0 Å². The molecule has 1 aromatic heterocycles. The number of likely N-dealkylation sites (tertiary alicyclic amines) is 1. The van der Waals surface area contributed by atoms with E-state index in [1.165, 1.54) is 41.5 Å². The molecule has 120 valence electrons. The lowest BCUT2D eigenvalue weighted by Gasteiger charge is -2.29. The zero-order chi connectivity index (χ0) is 15.5. The Morgan fingerprint density at radius 1 is 1.29 bits per heavy atom. The first-order valence-electron chi connectivity index (χ1n) is 8.40. The molecule has 2 N–H and O–H groups in total. The highest BCUT2D eigenvalue weighted by molar-refractivity contribution is 7.11. The molecule has 21 heavy (non-hydrogen) atoms. The van der Waals surface area contributed by atoms with E-state index in [9.17, 15) is 0 Å². The van der Waals surface area contributed by atoms with Crippen LogP contribution in [-0.4, -0.2) is 29.5 Å². The first-order valence-corrected chi connectivity index (χ1v) is 9.22. The predicted molar refractivity (Wildman–Crippen MR) is 91.9 cm³/mol. The van der Waals surface area contributed by atoms with E-state index in [0.717, 1.165) is 31.7 Å². The third-order valence-electron chi connectivity index (χ3n) is 4.33. The van der Waals surface area contributed by atoms with Crippen molar-refractivity contribution in [1.82, 2.24) is 9.88 Å². The lowest BCUT2D eigenvalue weighted by Crippen LogP contribution is -2.34. The summed E-state index contributed by atoms with van der Waals surface area (Å²) >= 11 is 1.83. The molecule has 4 heteroatoms. The molecule has 1 saturated heterocycles. The summed E-state index contributed by atoms with van der Waals surface area (Å²) in [5, 5.41) is 1.27. The molecular formula is C17H31N3S. The molecule has 0 amide bonds. The van der Waals surface area contributed by atoms with Crippen LogP contribution in [-0.2, 0) is 18.4 Å². The molecular weight excluding hydrogens is 278 g/mol. The molecule has 1 aliphatic rings. The highest BCUT2D eigenvalue weighted by Gasteiger charge is 2.23. The van der Waals surface area contributed by atoms with E-state index in [4.69, 9.17) is 10.7 Å². The van der Waals surface area contributed by atoms with Gasteiger partial charge in [-0.25, -0.2) is 4.98 Å². The summed E-state index contributed by atoms with van der Waals surface area (Å²) in [5.74, 6) is 0.905. The van der Waals surface area contributed by atoms with Gasteiger partial charge in [-0.2, -0.15) is 0 Å². The largest absolute Gasteiger partial charge is 0.321 e. The summed E-state index contributed by atoms with van der Waals surface area (Å²) in [5.41, 5.74) is 7.29. The molecule has 0 radical (unpaired) electrons. The fourth-order valence-corrected chi connectivity index (χ4v) is 4.07. The van der Waals surface area contributed by atoms with Crippen molar-refractivity contribution in [1.29, 1.82) is 0 Å². The van der Waals surface area contributed by atoms with Crippen LogP contribution < -0.4 is 5.73 Å². The fraction of sp³-hybridized carbons (Fsp3) is 0.824. The van der Waals surface area contributed by atoms with Crippen LogP contribution in [0.2, 0.25) is 0 Å². The molecule has 0 bridgehead atoms. The zero-order valence-corrected chi connectivity index (χ0v) is 14.9. The van der Waals surface area contributed by atoms with Crippen LogP contribution in [0.5, 0.6) is 0 Å². The van der Waals surface area contributed by atoms with Gasteiger partial charge in [0.15, 0.2) is 0 Å². The van der Waals surface area contributed by atoms with E-state index in [-0.39, 0.29) is 5.54 Å². The Labute approximate surface area is 133 Å². The van der Waals surface area contributed by atoms with Gasteiger partial charge < -0.3 is 10.6 Å². The number of hydrogen-bond donors (Lipinski definition) is 1. The van der Waals surface area contributed by atoms with Crippen LogP contribution in [0.25, 0.3) is 0 Å². The third kappa shape index (κ3) is 4.76. The SMILES string of the molecule is CCCc1nc(CCN2CCC(C)CC2)sc1C(C)(C)N. The van der Waals surface area contributed by atoms with E-state index < -0.39 is 0 Å². The quantitative estimate of drug-likeness (QED) is 0.873. The lowest BCUT2D eigenvalue weighted by atomic mass is 9.99. The number of aryl methyl sites for hydroxylation is 1. The van der Waals surface area contributed by atoms with E-state index in [2.05, 4.69) is 32.6 Å². The highest BCUT2D eigenvalue weighted by Crippen LogP contribution is 2.29. The monoisotopic (exact) mass is 309 g/mol. The minimum absolute atomic E-state index is 0.263. The van der Waals surface area contributed by atoms with Crippen molar-refractivity contribution >= 4 is 11.3 Å². The summed E-state index contributed by atoms with van der Waals surface area (Å²) in [7, 11) is 0. The van der Waals surface area contributed by atoms with Gasteiger partial charge in [-0.1, -0.05) is 20.3 Å². The Morgan fingerprint density at radius 3 is 2.52 bits per heavy atom. The third-order valence-corrected chi connectivity index (χ3v) is 5.83. The maximum absolute atomic E-state index is 6.32. The highest BCUT2D eigenvalue weighted by atomic mass is 32.1. The molecule has 0 aliphatic carbocycles. The average molecular weight is 310 g/mol. The molecule has 2 rings (SSSR count). The van der Waals surface area contributed by atoms with Gasteiger partial charge in [0, 0.05) is 23.4 Å². The van der Waals surface area contributed by atoms with E-state index in [0.29, 0.717) is 0 Å². The summed E-state index contributed by atoms with van der Waals surface area (Å²) in [6, 6.07) is 0. The maximum atomic E-state index is 6.32. The Kier molecular flexibility index (Phi) is 5.81. The van der Waals surface area contributed by atoms with Gasteiger partial charge >= 0.3 is 0 Å². The van der Waals surface area contributed by atoms with Crippen molar-refractivity contribution in [3.63, 3.8) is 0 Å². The smallest absolute Gasteiger partial charge is 0.0944 e. The van der Waals surface area contributed by atoms with E-state index in [1.807, 2.05) is 11.3 Å². The van der Waals surface area contributed by atoms with Crippen LogP contribution in [0.1, 0.15) is 62.5 Å². The molecule has 0 aromatic carbocycles. The first-order chi connectivity index (χ1) is 9.90. The van der Waals surface area contributed by atoms with Crippen molar-refractivity contribution in [2.75, 3.05) is 19.6 Å². The molecule has 0 saturated carbocycles. The van der Waals surface area contributed by atoms with Gasteiger partial charge in [0.05, 0.1) is 10.7 Å². The van der Waals surface area contributed by atoms with Crippen LogP contribution in [0.4, 0.5) is 0 Å². The summed E-state index contributed by atoms with van der Waals surface area (Å²) in [6.07, 6.45) is 5.95. The summed E-state index contributed by atoms with van der Waals surface area (Å²) < 4.78 is 0. The molecule has 0 atom stereocenters. The van der Waals surface area contributed by atoms with Crippen molar-refractivity contribution in [3.8, 4) is 0 Å². The lowest BCUT2D eigenvalue weighted by molar-refractivity contribution is 0.194. The van der Waals surface area contributed by atoms with Gasteiger partial charge in [0.2, 0.25) is 0 Å². The summed E-state index contributed by atoms with van der Waals surface area (Å²) in [6.45, 7) is 12.4. The molecule has 1 fully saturated rings. The van der Waals surface area contributed by atoms with Gasteiger partial charge in [0.25, 0.3) is 0 Å². The topological polar surface area (TPSA) is 42.2 Å². The van der Waals surface area contributed by atoms with Crippen LogP contribution >= 0.6 is 11.3 Å². The number of hydrogen-bond acceptors (Lipinski definition) is 4. The Morgan fingerprint density at radius 2 is 1.95 bits per heavy atom. The molecule has 0 spiro atoms. The average Bonchev–Trinajstić information content (AvgIpc) is 2.82. The van der Waals surface area contributed by atoms with Crippen molar-refractivity contribution in [2.45, 2.75) is 65.3 Å². The number of thiazole rings is 1. The summed E-state index contributed by atoms with van der Waals surface area (Å²) in [4.78, 5) is 8.75. The fourth-order valence-electron chi connectivity index (χ4n) is 2.96. The molecule has 3 nitrogen and oxygen atoms in total. The minimum atomic E-state index is -0.263. The molecule has 1 aliphatic heterocycles. The van der Waals surface area contributed by atoms with Crippen LogP contribution in [0.15, 0.2) is 0 Å². The molecule has 1 aromatic rings. The number of rotatable bonds is 6. The maximum Gasteiger partial charge on any atom is 0.0944 e. The van der Waals surface area contributed by atoms with Gasteiger partial charge in [-0.15, -0.1) is 11.3 Å². The first kappa shape index (κ1) is 16.9. The van der Waals surface area contributed by atoms with Gasteiger partial charge in [-0.05, 0) is 52.1 Å². The number of nitrogens with zero attached hydrogens (tertiary/aromatic N) is 2. The Bertz CT molecular complexity index is 439. The number of aromatic nitrogens is 1. The van der Waals surface area contributed by atoms with Crippen molar-refractivity contribution < 1.29 is 0 Å². The second kappa shape index (κ2) is 7.21. The van der Waals surface area contributed by atoms with Gasteiger partial charge in [0.1, 0.15) is 0 Å². The standard InChI is InChI=1S/C17H31N3S/c1-5-6-14-16(17(3,4)18)21-15(19-14)9-12-20-10-7-13(2)8-11-20/h13H,5-12,18H2,1-4H3. The predicted octanol–water partition coefficient (Wildman–Crippen LogP) is 3.56. The Balaban J connectivity index is 1.97. The molecule has 0 unspecified atom stereocenters. The van der Waals surface area contributed by atoms with Gasteiger partial charge in [-0.3, -0.25) is 0 Å². The normalized spacial score (nSPS) is 18.3. The molecule has 2 heterocycles. The number of piperidine rings is 1. The van der Waals surface area contributed by atoms with Crippen LogP contribution in [0.3, 0.4) is 0 Å². The van der Waals surface area contributed by atoms with Crippen molar-refractivity contribution in [2.24, 2.45) is 11.7 Å². The van der Waals surface area contributed by atoms with E-state index >= 15 is 0 Å². The Hall–Kier alpha value is -0.450. The number of nitrogens with two attached hydrogens (primary N) is 1. The second-order valence-corrected chi connectivity index (χ2v) is 8.21. The van der Waals surface area contributed by atoms with Crippen molar-refractivity contribution in [3.05, 3.63) is 15.6 Å². The minimum Gasteiger partial charge on any atom is -0.321 e. The van der Waals surface area contributed by atoms with Crippen LogP contribution in [0, 0.1) is 5.92 Å².